The molecule has 0 spiro atoms. The third kappa shape index (κ3) is 3.67. The molecule has 0 saturated heterocycles. The molecule has 2 aromatic heterocycles. The van der Waals surface area contributed by atoms with Crippen LogP contribution in [0.5, 0.6) is 0 Å². The Labute approximate surface area is 146 Å². The summed E-state index contributed by atoms with van der Waals surface area (Å²) < 4.78 is 3.79. The lowest BCUT2D eigenvalue weighted by Gasteiger charge is -2.22. The highest BCUT2D eigenvalue weighted by molar-refractivity contribution is 9.11. The number of nitrogens with zero attached hydrogens (tertiary/aromatic N) is 3. The predicted molar refractivity (Wildman–Crippen MR) is 92.8 cm³/mol. The summed E-state index contributed by atoms with van der Waals surface area (Å²) in [5, 5.41) is 8.47. The Balaban J connectivity index is 2.56. The Morgan fingerprint density at radius 2 is 2.05 bits per heavy atom. The first-order chi connectivity index (χ1) is 9.95. The molecule has 1 unspecified atom stereocenters. The lowest BCUT2D eigenvalue weighted by molar-refractivity contribution is 0.472. The number of nitrogens with one attached hydrogen (secondary N) is 1. The van der Waals surface area contributed by atoms with Gasteiger partial charge in [-0.1, -0.05) is 18.5 Å². The van der Waals surface area contributed by atoms with Gasteiger partial charge in [0.05, 0.1) is 28.6 Å². The maximum Gasteiger partial charge on any atom is 0.0948 e. The molecule has 0 aliphatic heterocycles. The van der Waals surface area contributed by atoms with E-state index in [4.69, 9.17) is 11.6 Å². The summed E-state index contributed by atoms with van der Waals surface area (Å²) in [5.74, 6) is 0. The summed E-state index contributed by atoms with van der Waals surface area (Å²) in [5.41, 5.74) is 1.83. The van der Waals surface area contributed by atoms with Gasteiger partial charge in [0.15, 0.2) is 0 Å². The van der Waals surface area contributed by atoms with Gasteiger partial charge in [0.25, 0.3) is 0 Å². The molecular weight excluding hydrogens is 419 g/mol. The lowest BCUT2D eigenvalue weighted by atomic mass is 10.1. The minimum Gasteiger partial charge on any atom is -0.304 e. The number of hydrogen-bond donors (Lipinski definition) is 1. The summed E-state index contributed by atoms with van der Waals surface area (Å²) >= 11 is 13.4. The topological polar surface area (TPSA) is 42.7 Å². The van der Waals surface area contributed by atoms with E-state index in [1.165, 1.54) is 0 Å². The zero-order valence-corrected chi connectivity index (χ0v) is 16.0. The first kappa shape index (κ1) is 16.9. The molecule has 2 rings (SSSR count). The standard InChI is InChI=1S/C14H17Br2ClN4/c1-4-18-13(12-10(16)5-9(15)6-19-12)14-11(17)7-20-21(14)8(2)3/h5-8,13,18H,4H2,1-3H3. The van der Waals surface area contributed by atoms with Crippen LogP contribution in [-0.2, 0) is 0 Å². The molecule has 0 radical (unpaired) electrons. The highest BCUT2D eigenvalue weighted by Crippen LogP contribution is 2.33. The van der Waals surface area contributed by atoms with E-state index in [-0.39, 0.29) is 12.1 Å². The van der Waals surface area contributed by atoms with Gasteiger partial charge in [-0.2, -0.15) is 5.10 Å². The molecule has 0 amide bonds. The summed E-state index contributed by atoms with van der Waals surface area (Å²) in [6, 6.07) is 2.09. The Bertz CT molecular complexity index is 627. The first-order valence-corrected chi connectivity index (χ1v) is 8.69. The van der Waals surface area contributed by atoms with Crippen molar-refractivity contribution in [2.75, 3.05) is 6.54 Å². The Hall–Kier alpha value is -0.430. The van der Waals surface area contributed by atoms with Crippen LogP contribution in [0.4, 0.5) is 0 Å². The van der Waals surface area contributed by atoms with Gasteiger partial charge in [-0.3, -0.25) is 9.67 Å². The third-order valence-corrected chi connectivity index (χ3v) is 4.43. The fraction of sp³-hybridized carbons (Fsp3) is 0.429. The molecule has 0 fully saturated rings. The number of hydrogen-bond acceptors (Lipinski definition) is 3. The largest absolute Gasteiger partial charge is 0.304 e. The Morgan fingerprint density at radius 1 is 1.33 bits per heavy atom. The zero-order chi connectivity index (χ0) is 15.6. The molecule has 2 aromatic rings. The first-order valence-electron chi connectivity index (χ1n) is 6.72. The second kappa shape index (κ2) is 7.22. The molecule has 0 aromatic carbocycles. The van der Waals surface area contributed by atoms with Crippen LogP contribution in [0.3, 0.4) is 0 Å². The van der Waals surface area contributed by atoms with E-state index >= 15 is 0 Å². The normalized spacial score (nSPS) is 12.9. The van der Waals surface area contributed by atoms with Gasteiger partial charge < -0.3 is 5.32 Å². The second-order valence-corrected chi connectivity index (χ2v) is 7.10. The van der Waals surface area contributed by atoms with Crippen molar-refractivity contribution in [3.63, 3.8) is 0 Å². The van der Waals surface area contributed by atoms with E-state index < -0.39 is 0 Å². The molecule has 114 valence electrons. The van der Waals surface area contributed by atoms with Crippen molar-refractivity contribution >= 4 is 43.5 Å². The molecular formula is C14H17Br2ClN4. The summed E-state index contributed by atoms with van der Waals surface area (Å²) in [6.07, 6.45) is 3.47. The van der Waals surface area contributed by atoms with Gasteiger partial charge in [0.1, 0.15) is 0 Å². The summed E-state index contributed by atoms with van der Waals surface area (Å²) in [4.78, 5) is 4.54. The van der Waals surface area contributed by atoms with E-state index in [2.05, 4.69) is 68.0 Å². The van der Waals surface area contributed by atoms with Gasteiger partial charge in [-0.15, -0.1) is 0 Å². The van der Waals surface area contributed by atoms with Crippen LogP contribution in [-0.4, -0.2) is 21.3 Å². The molecule has 0 saturated carbocycles. The lowest BCUT2D eigenvalue weighted by Crippen LogP contribution is -2.27. The van der Waals surface area contributed by atoms with Gasteiger partial charge in [-0.05, 0) is 58.3 Å². The molecule has 0 aliphatic carbocycles. The van der Waals surface area contributed by atoms with E-state index in [1.54, 1.807) is 12.4 Å². The van der Waals surface area contributed by atoms with Crippen LogP contribution < -0.4 is 5.32 Å². The van der Waals surface area contributed by atoms with Gasteiger partial charge in [0.2, 0.25) is 0 Å². The van der Waals surface area contributed by atoms with Crippen molar-refractivity contribution < 1.29 is 0 Å². The van der Waals surface area contributed by atoms with E-state index in [1.807, 2.05) is 10.7 Å². The molecule has 1 atom stereocenters. The smallest absolute Gasteiger partial charge is 0.0948 e. The van der Waals surface area contributed by atoms with Crippen LogP contribution in [0, 0.1) is 0 Å². The Morgan fingerprint density at radius 3 is 2.62 bits per heavy atom. The minimum atomic E-state index is -0.116. The molecule has 4 nitrogen and oxygen atoms in total. The molecule has 21 heavy (non-hydrogen) atoms. The van der Waals surface area contributed by atoms with Crippen molar-refractivity contribution in [2.24, 2.45) is 0 Å². The minimum absolute atomic E-state index is 0.116. The van der Waals surface area contributed by atoms with Crippen molar-refractivity contribution in [3.05, 3.63) is 43.8 Å². The highest BCUT2D eigenvalue weighted by atomic mass is 79.9. The van der Waals surface area contributed by atoms with Gasteiger partial charge >= 0.3 is 0 Å². The van der Waals surface area contributed by atoms with Crippen LogP contribution in [0.25, 0.3) is 0 Å². The molecule has 2 heterocycles. The van der Waals surface area contributed by atoms with E-state index in [0.717, 1.165) is 26.9 Å². The highest BCUT2D eigenvalue weighted by Gasteiger charge is 2.25. The quantitative estimate of drug-likeness (QED) is 0.736. The third-order valence-electron chi connectivity index (χ3n) is 3.07. The number of halogens is 3. The molecule has 0 bridgehead atoms. The average molecular weight is 437 g/mol. The van der Waals surface area contributed by atoms with Crippen LogP contribution >= 0.6 is 43.5 Å². The Kier molecular flexibility index (Phi) is 5.82. The van der Waals surface area contributed by atoms with Crippen molar-refractivity contribution in [1.29, 1.82) is 0 Å². The fourth-order valence-electron chi connectivity index (χ4n) is 2.20. The average Bonchev–Trinajstić information content (AvgIpc) is 2.79. The van der Waals surface area contributed by atoms with Crippen LogP contribution in [0.15, 0.2) is 27.4 Å². The number of rotatable bonds is 5. The maximum atomic E-state index is 6.38. The van der Waals surface area contributed by atoms with Crippen molar-refractivity contribution in [1.82, 2.24) is 20.1 Å². The molecule has 1 N–H and O–H groups in total. The van der Waals surface area contributed by atoms with Crippen molar-refractivity contribution in [3.8, 4) is 0 Å². The predicted octanol–water partition coefficient (Wildman–Crippen LogP) is 4.74. The summed E-state index contributed by atoms with van der Waals surface area (Å²) in [7, 11) is 0. The monoisotopic (exact) mass is 434 g/mol. The molecule has 0 aliphatic rings. The van der Waals surface area contributed by atoms with Crippen molar-refractivity contribution in [2.45, 2.75) is 32.9 Å². The van der Waals surface area contributed by atoms with Crippen LogP contribution in [0.2, 0.25) is 5.02 Å². The number of pyridine rings is 1. The fourth-order valence-corrected chi connectivity index (χ4v) is 3.65. The number of aromatic nitrogens is 3. The zero-order valence-electron chi connectivity index (χ0n) is 12.1. The summed E-state index contributed by atoms with van der Waals surface area (Å²) in [6.45, 7) is 7.03. The SMILES string of the molecule is CCNC(c1ncc(Br)cc1Br)c1c(Cl)cnn1C(C)C. The second-order valence-electron chi connectivity index (χ2n) is 4.93. The van der Waals surface area contributed by atoms with Crippen LogP contribution in [0.1, 0.15) is 44.2 Å². The van der Waals surface area contributed by atoms with Gasteiger partial charge in [0, 0.05) is 21.2 Å². The van der Waals surface area contributed by atoms with E-state index in [9.17, 15) is 0 Å². The molecule has 7 heteroatoms. The maximum absolute atomic E-state index is 6.38. The van der Waals surface area contributed by atoms with E-state index in [0.29, 0.717) is 5.02 Å². The van der Waals surface area contributed by atoms with Gasteiger partial charge in [-0.25, -0.2) is 0 Å².